The van der Waals surface area contributed by atoms with Crippen LogP contribution in [0.25, 0.3) is 0 Å². The maximum Gasteiger partial charge on any atom is 0.221 e. The van der Waals surface area contributed by atoms with Gasteiger partial charge in [-0.3, -0.25) is 19.2 Å². The van der Waals surface area contributed by atoms with Crippen LogP contribution in [0.5, 0.6) is 0 Å². The summed E-state index contributed by atoms with van der Waals surface area (Å²) < 4.78 is 0. The van der Waals surface area contributed by atoms with Crippen molar-refractivity contribution < 1.29 is 19.2 Å². The van der Waals surface area contributed by atoms with E-state index < -0.39 is 0 Å². The van der Waals surface area contributed by atoms with Gasteiger partial charge in [0.1, 0.15) is 0 Å². The highest BCUT2D eigenvalue weighted by Gasteiger charge is 2.11. The van der Waals surface area contributed by atoms with Crippen LogP contribution >= 0.6 is 0 Å². The van der Waals surface area contributed by atoms with E-state index in [1.807, 2.05) is 13.8 Å². The molecule has 0 fully saturated rings. The number of hydrogen-bond acceptors (Lipinski definition) is 8. The first-order valence-corrected chi connectivity index (χ1v) is 13.2. The molecule has 6 N–H and O–H groups in total. The lowest BCUT2D eigenvalue weighted by molar-refractivity contribution is -0.122. The lowest BCUT2D eigenvalue weighted by Crippen LogP contribution is -2.41. The van der Waals surface area contributed by atoms with Gasteiger partial charge >= 0.3 is 0 Å². The SMILES string of the molecule is CCNC(=O)CCN(CCNCCC(=O)NC)CCNCCN(CCC(=O)NC)CCC(=O)NCC. The minimum absolute atomic E-state index is 0.00940. The Hall–Kier alpha value is -2.28. The summed E-state index contributed by atoms with van der Waals surface area (Å²) in [7, 11) is 3.25. The third-order valence-electron chi connectivity index (χ3n) is 5.61. The molecule has 0 atom stereocenters. The van der Waals surface area contributed by atoms with Crippen molar-refractivity contribution in [3.63, 3.8) is 0 Å². The first kappa shape index (κ1) is 33.7. The second-order valence-electron chi connectivity index (χ2n) is 8.44. The van der Waals surface area contributed by atoms with E-state index >= 15 is 0 Å². The summed E-state index contributed by atoms with van der Waals surface area (Å²) >= 11 is 0. The number of carbonyl (C=O) groups excluding carboxylic acids is 4. The van der Waals surface area contributed by atoms with Gasteiger partial charge in [0.05, 0.1) is 0 Å². The van der Waals surface area contributed by atoms with Crippen LogP contribution in [0.4, 0.5) is 0 Å². The van der Waals surface area contributed by atoms with Crippen molar-refractivity contribution in [1.82, 2.24) is 41.7 Å². The zero-order valence-electron chi connectivity index (χ0n) is 22.8. The van der Waals surface area contributed by atoms with Gasteiger partial charge < -0.3 is 41.7 Å². The highest BCUT2D eigenvalue weighted by atomic mass is 16.2. The quantitative estimate of drug-likeness (QED) is 0.0867. The Kier molecular flexibility index (Phi) is 21.7. The van der Waals surface area contributed by atoms with Gasteiger partial charge in [0.15, 0.2) is 0 Å². The molecule has 0 aromatic rings. The molecule has 12 nitrogen and oxygen atoms in total. The average Bonchev–Trinajstić information content (AvgIpc) is 2.87. The van der Waals surface area contributed by atoms with E-state index in [2.05, 4.69) is 41.7 Å². The van der Waals surface area contributed by atoms with Gasteiger partial charge in [-0.1, -0.05) is 0 Å². The summed E-state index contributed by atoms with van der Waals surface area (Å²) in [6.07, 6.45) is 1.68. The normalized spacial score (nSPS) is 10.9. The molecule has 12 heteroatoms. The molecule has 0 aliphatic heterocycles. The van der Waals surface area contributed by atoms with Crippen molar-refractivity contribution in [2.75, 3.05) is 92.6 Å². The molecule has 0 heterocycles. The van der Waals surface area contributed by atoms with Crippen molar-refractivity contribution in [3.05, 3.63) is 0 Å². The molecular weight excluding hydrogens is 464 g/mol. The zero-order valence-corrected chi connectivity index (χ0v) is 22.8. The second kappa shape index (κ2) is 23.1. The van der Waals surface area contributed by atoms with E-state index in [9.17, 15) is 19.2 Å². The third kappa shape index (κ3) is 20.0. The van der Waals surface area contributed by atoms with E-state index in [-0.39, 0.29) is 23.6 Å². The maximum atomic E-state index is 11.9. The molecule has 0 saturated carbocycles. The molecule has 0 rings (SSSR count). The fraction of sp³-hybridized carbons (Fsp3) is 0.833. The summed E-state index contributed by atoms with van der Waals surface area (Å²) in [5.74, 6) is 0.0526. The predicted molar refractivity (Wildman–Crippen MR) is 143 cm³/mol. The van der Waals surface area contributed by atoms with Crippen LogP contribution < -0.4 is 31.9 Å². The minimum atomic E-state index is -0.0161. The van der Waals surface area contributed by atoms with Crippen LogP contribution in [-0.4, -0.2) is 126 Å². The van der Waals surface area contributed by atoms with Crippen molar-refractivity contribution >= 4 is 23.6 Å². The van der Waals surface area contributed by atoms with E-state index in [1.54, 1.807) is 14.1 Å². The van der Waals surface area contributed by atoms with E-state index in [0.29, 0.717) is 65.0 Å². The fourth-order valence-corrected chi connectivity index (χ4v) is 3.43. The Labute approximate surface area is 217 Å². The number of nitrogens with one attached hydrogen (secondary N) is 6. The van der Waals surface area contributed by atoms with Crippen LogP contribution in [0, 0.1) is 0 Å². The Balaban J connectivity index is 4.48. The molecule has 0 radical (unpaired) electrons. The van der Waals surface area contributed by atoms with Crippen LogP contribution in [0.3, 0.4) is 0 Å². The molecule has 0 aromatic carbocycles. The predicted octanol–water partition coefficient (Wildman–Crippen LogP) is -1.91. The minimum Gasteiger partial charge on any atom is -0.359 e. The summed E-state index contributed by atoms with van der Waals surface area (Å²) in [6.45, 7) is 12.0. The Morgan fingerprint density at radius 3 is 1.28 bits per heavy atom. The first-order chi connectivity index (χ1) is 17.4. The van der Waals surface area contributed by atoms with Crippen LogP contribution in [-0.2, 0) is 19.2 Å². The van der Waals surface area contributed by atoms with Gasteiger partial charge in [0.25, 0.3) is 0 Å². The standard InChI is InChI=1S/C24H50N8O4/c1-5-29-23(35)9-16-31(15-8-22(34)26-4)18-13-28-14-20-32(17-10-24(36)30-6-2)19-12-27-11-7-21(33)25-3/h27-28H,5-20H2,1-4H3,(H,25,33)(H,26,34)(H,29,35)(H,30,36). The van der Waals surface area contributed by atoms with Crippen molar-refractivity contribution in [3.8, 4) is 0 Å². The second-order valence-corrected chi connectivity index (χ2v) is 8.44. The summed E-state index contributed by atoms with van der Waals surface area (Å²) in [6, 6.07) is 0. The Morgan fingerprint density at radius 2 is 0.861 bits per heavy atom. The van der Waals surface area contributed by atoms with Gasteiger partial charge in [0.2, 0.25) is 23.6 Å². The highest BCUT2D eigenvalue weighted by Crippen LogP contribution is 1.96. The van der Waals surface area contributed by atoms with Gasteiger partial charge in [-0.05, 0) is 13.8 Å². The van der Waals surface area contributed by atoms with E-state index in [1.165, 1.54) is 0 Å². The number of amides is 4. The number of hydrogen-bond donors (Lipinski definition) is 6. The van der Waals surface area contributed by atoms with Crippen molar-refractivity contribution in [1.29, 1.82) is 0 Å². The smallest absolute Gasteiger partial charge is 0.221 e. The fourth-order valence-electron chi connectivity index (χ4n) is 3.43. The molecule has 0 aliphatic carbocycles. The van der Waals surface area contributed by atoms with E-state index in [4.69, 9.17) is 0 Å². The van der Waals surface area contributed by atoms with Crippen LogP contribution in [0.2, 0.25) is 0 Å². The summed E-state index contributed by atoms with van der Waals surface area (Å²) in [5, 5.41) is 17.6. The first-order valence-electron chi connectivity index (χ1n) is 13.2. The summed E-state index contributed by atoms with van der Waals surface area (Å²) in [4.78, 5) is 51.0. The Bertz CT molecular complexity index is 621. The molecular formula is C24H50N8O4. The number of nitrogens with zero attached hydrogens (tertiary/aromatic N) is 2. The molecule has 0 unspecified atom stereocenters. The average molecular weight is 515 g/mol. The molecule has 0 aromatic heterocycles. The largest absolute Gasteiger partial charge is 0.359 e. The molecule has 0 aliphatic rings. The molecule has 0 saturated heterocycles. The third-order valence-corrected chi connectivity index (χ3v) is 5.61. The lowest BCUT2D eigenvalue weighted by Gasteiger charge is -2.24. The summed E-state index contributed by atoms with van der Waals surface area (Å²) in [5.41, 5.74) is 0. The van der Waals surface area contributed by atoms with Gasteiger partial charge in [-0.25, -0.2) is 0 Å². The van der Waals surface area contributed by atoms with Crippen LogP contribution in [0.15, 0.2) is 0 Å². The molecule has 210 valence electrons. The number of carbonyl (C=O) groups is 4. The maximum absolute atomic E-state index is 11.9. The molecule has 36 heavy (non-hydrogen) atoms. The molecule has 0 bridgehead atoms. The monoisotopic (exact) mass is 514 g/mol. The van der Waals surface area contributed by atoms with Gasteiger partial charge in [-0.15, -0.1) is 0 Å². The Morgan fingerprint density at radius 1 is 0.500 bits per heavy atom. The molecule has 0 spiro atoms. The van der Waals surface area contributed by atoms with Gasteiger partial charge in [0, 0.05) is 118 Å². The number of rotatable bonds is 23. The lowest BCUT2D eigenvalue weighted by atomic mass is 10.3. The molecule has 4 amide bonds. The zero-order chi connectivity index (χ0) is 27.0. The topological polar surface area (TPSA) is 147 Å². The highest BCUT2D eigenvalue weighted by molar-refractivity contribution is 5.77. The van der Waals surface area contributed by atoms with E-state index in [0.717, 1.165) is 39.3 Å². The van der Waals surface area contributed by atoms with Crippen LogP contribution in [0.1, 0.15) is 39.5 Å². The van der Waals surface area contributed by atoms with Crippen molar-refractivity contribution in [2.45, 2.75) is 39.5 Å². The van der Waals surface area contributed by atoms with Crippen molar-refractivity contribution in [2.24, 2.45) is 0 Å². The van der Waals surface area contributed by atoms with Gasteiger partial charge in [-0.2, -0.15) is 0 Å².